The van der Waals surface area contributed by atoms with Crippen molar-refractivity contribution in [2.45, 2.75) is 39.0 Å². The number of alkyl carbamates (subject to hydrolysis) is 1. The van der Waals surface area contributed by atoms with Crippen molar-refractivity contribution >= 4 is 34.5 Å². The highest BCUT2D eigenvalue weighted by atomic mass is 35.5. The first-order chi connectivity index (χ1) is 16.8. The fourth-order valence-corrected chi connectivity index (χ4v) is 4.73. The summed E-state index contributed by atoms with van der Waals surface area (Å²) >= 11 is 6.79. The Morgan fingerprint density at radius 2 is 2.09 bits per heavy atom. The molecule has 0 bridgehead atoms. The first-order valence-electron chi connectivity index (χ1n) is 12.2. The minimum absolute atomic E-state index is 0.133. The molecule has 1 unspecified atom stereocenters. The molecule has 1 aromatic heterocycles. The van der Waals surface area contributed by atoms with Crippen LogP contribution in [0.5, 0.6) is 0 Å². The first-order valence-corrected chi connectivity index (χ1v) is 12.6. The maximum atomic E-state index is 13.2. The van der Waals surface area contributed by atoms with Crippen LogP contribution < -0.4 is 16.6 Å². The van der Waals surface area contributed by atoms with E-state index in [2.05, 4.69) is 29.7 Å². The third-order valence-electron chi connectivity index (χ3n) is 6.28. The molecule has 1 aliphatic carbocycles. The van der Waals surface area contributed by atoms with Gasteiger partial charge in [0.15, 0.2) is 0 Å². The summed E-state index contributed by atoms with van der Waals surface area (Å²) in [6.07, 6.45) is 4.32. The number of amides is 2. The lowest BCUT2D eigenvalue weighted by molar-refractivity contribution is 0.0740. The summed E-state index contributed by atoms with van der Waals surface area (Å²) in [5.41, 5.74) is 5.90. The fourth-order valence-electron chi connectivity index (χ4n) is 4.36. The zero-order valence-corrected chi connectivity index (χ0v) is 21.7. The number of hydrazine groups is 1. The normalized spacial score (nSPS) is 15.2. The monoisotopic (exact) mass is 504 g/mol. The molecule has 2 aromatic rings. The van der Waals surface area contributed by atoms with Crippen LogP contribution in [0, 0.1) is 5.92 Å². The van der Waals surface area contributed by atoms with Gasteiger partial charge in [0, 0.05) is 29.7 Å². The molecule has 1 atom stereocenters. The first kappa shape index (κ1) is 27.1. The number of aromatic nitrogens is 1. The molecule has 0 radical (unpaired) electrons. The van der Waals surface area contributed by atoms with Gasteiger partial charge in [-0.2, -0.15) is 0 Å². The third-order valence-corrected chi connectivity index (χ3v) is 6.71. The molecular weight excluding hydrogens is 468 g/mol. The molecule has 3 rings (SSSR count). The maximum absolute atomic E-state index is 13.2. The van der Waals surface area contributed by atoms with E-state index in [4.69, 9.17) is 27.2 Å². The highest BCUT2D eigenvalue weighted by molar-refractivity contribution is 6.36. The van der Waals surface area contributed by atoms with Crippen LogP contribution in [0.4, 0.5) is 4.79 Å². The molecule has 4 N–H and O–H groups in total. The number of ether oxygens (including phenoxy) is 1. The Bertz CT molecular complexity index is 1030. The van der Waals surface area contributed by atoms with E-state index in [1.165, 1.54) is 4.90 Å². The molecule has 2 amide bonds. The number of hydrogen-bond donors (Lipinski definition) is 3. The van der Waals surface area contributed by atoms with Gasteiger partial charge in [0.2, 0.25) is 0 Å². The van der Waals surface area contributed by atoms with Crippen molar-refractivity contribution < 1.29 is 14.3 Å². The van der Waals surface area contributed by atoms with Crippen molar-refractivity contribution in [2.24, 2.45) is 11.8 Å². The van der Waals surface area contributed by atoms with E-state index in [0.717, 1.165) is 65.8 Å². The Balaban J connectivity index is 1.75. The lowest BCUT2D eigenvalue weighted by Gasteiger charge is -2.26. The molecule has 192 valence electrons. The van der Waals surface area contributed by atoms with Gasteiger partial charge in [-0.1, -0.05) is 24.6 Å². The van der Waals surface area contributed by atoms with Crippen LogP contribution in [0.25, 0.3) is 10.9 Å². The second-order valence-corrected chi connectivity index (χ2v) is 9.66. The number of fused-ring (bicyclic) bond motifs is 2. The van der Waals surface area contributed by atoms with Gasteiger partial charge in [-0.3, -0.25) is 15.6 Å². The lowest BCUT2D eigenvalue weighted by Crippen LogP contribution is -2.45. The van der Waals surface area contributed by atoms with Gasteiger partial charge in [-0.25, -0.2) is 10.2 Å². The molecule has 1 aliphatic rings. The number of hydrogen-bond acceptors (Lipinski definition) is 7. The Labute approximate surface area is 212 Å². The Morgan fingerprint density at radius 1 is 1.29 bits per heavy atom. The van der Waals surface area contributed by atoms with Gasteiger partial charge in [-0.15, -0.1) is 0 Å². The van der Waals surface area contributed by atoms with Crippen LogP contribution in [-0.2, 0) is 17.6 Å². The maximum Gasteiger partial charge on any atom is 0.407 e. The molecule has 0 saturated heterocycles. The standard InChI is InChI=1S/C25H37ClN6O3/c1-4-13-35-25(34)28-10-12-32(16-29-27)24(33)18-6-8-20-22(15-18)30-21-14-17(9-11-31(2)3)5-7-19(21)23(20)26/h6,8,15,17,29H,4-5,7,9-14,16,27H2,1-3H3,(H,28,34). The van der Waals surface area contributed by atoms with Crippen molar-refractivity contribution in [3.8, 4) is 0 Å². The van der Waals surface area contributed by atoms with E-state index in [9.17, 15) is 9.59 Å². The second kappa shape index (κ2) is 13.0. The average Bonchev–Trinajstić information content (AvgIpc) is 2.84. The molecule has 1 aromatic carbocycles. The summed E-state index contributed by atoms with van der Waals surface area (Å²) < 4.78 is 5.00. The van der Waals surface area contributed by atoms with Gasteiger partial charge >= 0.3 is 6.09 Å². The van der Waals surface area contributed by atoms with Gasteiger partial charge < -0.3 is 19.9 Å². The molecule has 0 aliphatic heterocycles. The van der Waals surface area contributed by atoms with Crippen LogP contribution in [0.1, 0.15) is 47.8 Å². The Kier molecular flexibility index (Phi) is 10.1. The van der Waals surface area contributed by atoms with E-state index in [0.29, 0.717) is 18.1 Å². The summed E-state index contributed by atoms with van der Waals surface area (Å²) in [5, 5.41) is 4.25. The molecule has 1 heterocycles. The quantitative estimate of drug-likeness (QED) is 0.245. The van der Waals surface area contributed by atoms with E-state index >= 15 is 0 Å². The Morgan fingerprint density at radius 3 is 2.80 bits per heavy atom. The summed E-state index contributed by atoms with van der Waals surface area (Å²) in [7, 11) is 4.19. The number of halogens is 1. The smallest absolute Gasteiger partial charge is 0.407 e. The van der Waals surface area contributed by atoms with E-state index in [1.54, 1.807) is 12.1 Å². The number of nitrogens with zero attached hydrogens (tertiary/aromatic N) is 3. The van der Waals surface area contributed by atoms with Gasteiger partial charge in [0.1, 0.15) is 0 Å². The zero-order chi connectivity index (χ0) is 25.4. The van der Waals surface area contributed by atoms with Crippen molar-refractivity contribution in [3.05, 3.63) is 40.0 Å². The van der Waals surface area contributed by atoms with Crippen molar-refractivity contribution in [1.29, 1.82) is 0 Å². The number of carbonyl (C=O) groups is 2. The number of pyridine rings is 1. The average molecular weight is 505 g/mol. The van der Waals surface area contributed by atoms with Crippen LogP contribution in [0.15, 0.2) is 18.2 Å². The summed E-state index contributed by atoms with van der Waals surface area (Å²) in [5.74, 6) is 5.86. The van der Waals surface area contributed by atoms with Crippen LogP contribution >= 0.6 is 11.6 Å². The second-order valence-electron chi connectivity index (χ2n) is 9.28. The van der Waals surface area contributed by atoms with Crippen molar-refractivity contribution in [2.75, 3.05) is 47.0 Å². The SMILES string of the molecule is CCCOC(=O)NCCN(CNN)C(=O)c1ccc2c(Cl)c3c(nc2c1)CC(CCN(C)C)CC3. The predicted molar refractivity (Wildman–Crippen MR) is 138 cm³/mol. The number of nitrogens with one attached hydrogen (secondary N) is 2. The number of rotatable bonds is 11. The van der Waals surface area contributed by atoms with Crippen LogP contribution in [-0.4, -0.2) is 73.8 Å². The summed E-state index contributed by atoms with van der Waals surface area (Å²) in [4.78, 5) is 33.6. The number of benzene rings is 1. The minimum Gasteiger partial charge on any atom is -0.450 e. The van der Waals surface area contributed by atoms with Gasteiger partial charge in [-0.05, 0) is 76.4 Å². The third kappa shape index (κ3) is 7.27. The molecule has 0 saturated carbocycles. The number of nitrogens with two attached hydrogens (primary N) is 1. The van der Waals surface area contributed by atoms with Crippen molar-refractivity contribution in [3.63, 3.8) is 0 Å². The molecule has 0 spiro atoms. The Hall–Kier alpha value is -2.46. The highest BCUT2D eigenvalue weighted by Crippen LogP contribution is 2.35. The summed E-state index contributed by atoms with van der Waals surface area (Å²) in [6, 6.07) is 5.42. The molecular formula is C25H37ClN6O3. The van der Waals surface area contributed by atoms with Crippen LogP contribution in [0.3, 0.4) is 0 Å². The topological polar surface area (TPSA) is 113 Å². The molecule has 10 heteroatoms. The number of carbonyl (C=O) groups excluding carboxylic acids is 2. The zero-order valence-electron chi connectivity index (χ0n) is 20.9. The molecule has 9 nitrogen and oxygen atoms in total. The molecule has 35 heavy (non-hydrogen) atoms. The highest BCUT2D eigenvalue weighted by Gasteiger charge is 2.24. The fraction of sp³-hybridized carbons (Fsp3) is 0.560. The van der Waals surface area contributed by atoms with Crippen LogP contribution in [0.2, 0.25) is 5.02 Å². The molecule has 0 fully saturated rings. The van der Waals surface area contributed by atoms with Gasteiger partial charge in [0.25, 0.3) is 5.91 Å². The van der Waals surface area contributed by atoms with E-state index in [-0.39, 0.29) is 25.7 Å². The largest absolute Gasteiger partial charge is 0.450 e. The lowest BCUT2D eigenvalue weighted by atomic mass is 9.84. The van der Waals surface area contributed by atoms with E-state index in [1.807, 2.05) is 13.0 Å². The summed E-state index contributed by atoms with van der Waals surface area (Å²) in [6.45, 7) is 3.98. The predicted octanol–water partition coefficient (Wildman–Crippen LogP) is 2.94. The van der Waals surface area contributed by atoms with Crippen molar-refractivity contribution in [1.82, 2.24) is 25.5 Å². The van der Waals surface area contributed by atoms with E-state index < -0.39 is 6.09 Å². The minimum atomic E-state index is -0.502. The van der Waals surface area contributed by atoms with Gasteiger partial charge in [0.05, 0.1) is 23.8 Å².